The molecule has 2 aromatic carbocycles. The van der Waals surface area contributed by atoms with Gasteiger partial charge in [0.1, 0.15) is 0 Å². The molecule has 2 N–H and O–H groups in total. The molecule has 2 aliphatic rings. The van der Waals surface area contributed by atoms with E-state index in [0.717, 1.165) is 4.90 Å². The summed E-state index contributed by atoms with van der Waals surface area (Å²) in [6.45, 7) is -0.105. The number of methoxy groups -OCH3 is 2. The van der Waals surface area contributed by atoms with Gasteiger partial charge in [0.05, 0.1) is 20.3 Å². The van der Waals surface area contributed by atoms with Gasteiger partial charge in [0.15, 0.2) is 23.0 Å². The number of carbonyl (C=O) groups excluding carboxylic acids is 1. The van der Waals surface area contributed by atoms with Gasteiger partial charge in [-0.1, -0.05) is 0 Å². The molecule has 4 rings (SSSR count). The molecule has 1 amide bonds. The van der Waals surface area contributed by atoms with Crippen molar-refractivity contribution in [3.8, 4) is 34.1 Å². The molecule has 1 aliphatic carbocycles. The zero-order valence-corrected chi connectivity index (χ0v) is 16.3. The van der Waals surface area contributed by atoms with Crippen LogP contribution < -0.4 is 9.47 Å². The zero-order valence-electron chi connectivity index (χ0n) is 16.3. The number of benzene rings is 2. The smallest absolute Gasteiger partial charge is 0.471 e. The van der Waals surface area contributed by atoms with E-state index in [1.807, 2.05) is 0 Å². The van der Waals surface area contributed by atoms with Gasteiger partial charge in [-0.3, -0.25) is 4.79 Å². The van der Waals surface area contributed by atoms with E-state index in [0.29, 0.717) is 34.2 Å². The third-order valence-electron chi connectivity index (χ3n) is 5.79. The lowest BCUT2D eigenvalue weighted by atomic mass is 9.85. The van der Waals surface area contributed by atoms with Gasteiger partial charge in [-0.05, 0) is 59.7 Å². The first kappa shape index (κ1) is 20.2. The summed E-state index contributed by atoms with van der Waals surface area (Å²) in [7, 11) is 2.75. The highest BCUT2D eigenvalue weighted by Gasteiger charge is 2.47. The predicted octanol–water partition coefficient (Wildman–Crippen LogP) is 3.72. The first-order chi connectivity index (χ1) is 14.2. The van der Waals surface area contributed by atoms with Gasteiger partial charge >= 0.3 is 12.1 Å². The number of ether oxygens (including phenoxy) is 2. The highest BCUT2D eigenvalue weighted by Crippen LogP contribution is 2.53. The molecule has 9 heteroatoms. The summed E-state index contributed by atoms with van der Waals surface area (Å²) in [4.78, 5) is 13.0. The van der Waals surface area contributed by atoms with Crippen molar-refractivity contribution in [2.75, 3.05) is 20.8 Å². The van der Waals surface area contributed by atoms with E-state index in [1.165, 1.54) is 26.4 Å². The van der Waals surface area contributed by atoms with E-state index in [2.05, 4.69) is 0 Å². The molecule has 0 bridgehead atoms. The van der Waals surface area contributed by atoms with Gasteiger partial charge in [-0.2, -0.15) is 13.2 Å². The summed E-state index contributed by atoms with van der Waals surface area (Å²) in [6, 6.07) is 3.72. The summed E-state index contributed by atoms with van der Waals surface area (Å²) in [6.07, 6.45) is -4.27. The van der Waals surface area contributed by atoms with Gasteiger partial charge in [-0.25, -0.2) is 0 Å². The number of hydrogen-bond acceptors (Lipinski definition) is 5. The van der Waals surface area contributed by atoms with E-state index in [-0.39, 0.29) is 42.4 Å². The Bertz CT molecular complexity index is 1030. The Labute approximate surface area is 170 Å². The van der Waals surface area contributed by atoms with Gasteiger partial charge in [-0.15, -0.1) is 0 Å². The number of amides is 1. The molecule has 160 valence electrons. The van der Waals surface area contributed by atoms with Gasteiger partial charge in [0.25, 0.3) is 0 Å². The minimum atomic E-state index is -4.99. The molecular weight excluding hydrogens is 403 g/mol. The first-order valence-corrected chi connectivity index (χ1v) is 9.38. The molecule has 6 nitrogen and oxygen atoms in total. The molecule has 0 saturated heterocycles. The second-order valence-electron chi connectivity index (χ2n) is 7.36. The van der Waals surface area contributed by atoms with Crippen LogP contribution in [0.2, 0.25) is 0 Å². The fraction of sp³-hybridized carbons (Fsp3) is 0.381. The van der Waals surface area contributed by atoms with Crippen molar-refractivity contribution < 1.29 is 37.7 Å². The Kier molecular flexibility index (Phi) is 4.71. The molecular formula is C21H20F3NO5. The van der Waals surface area contributed by atoms with Crippen LogP contribution in [-0.2, 0) is 17.6 Å². The number of alkyl halides is 3. The molecule has 1 aliphatic heterocycles. The number of halogens is 3. The Morgan fingerprint density at radius 3 is 2.40 bits per heavy atom. The number of aryl methyl sites for hydroxylation is 1. The molecule has 0 radical (unpaired) electrons. The number of carbonyl (C=O) groups is 1. The predicted molar refractivity (Wildman–Crippen MR) is 101 cm³/mol. The summed E-state index contributed by atoms with van der Waals surface area (Å²) < 4.78 is 50.4. The van der Waals surface area contributed by atoms with Crippen LogP contribution in [-0.4, -0.2) is 48.0 Å². The van der Waals surface area contributed by atoms with Crippen molar-refractivity contribution in [2.24, 2.45) is 0 Å². The van der Waals surface area contributed by atoms with Crippen molar-refractivity contribution in [2.45, 2.75) is 31.5 Å². The Morgan fingerprint density at radius 2 is 1.77 bits per heavy atom. The van der Waals surface area contributed by atoms with Crippen molar-refractivity contribution in [3.05, 3.63) is 34.9 Å². The second-order valence-corrected chi connectivity index (χ2v) is 7.36. The minimum Gasteiger partial charge on any atom is -0.504 e. The summed E-state index contributed by atoms with van der Waals surface area (Å²) >= 11 is 0. The van der Waals surface area contributed by atoms with E-state index in [9.17, 15) is 28.2 Å². The molecule has 0 fully saturated rings. The summed E-state index contributed by atoms with van der Waals surface area (Å²) in [5.41, 5.74) is 2.85. The molecule has 0 unspecified atom stereocenters. The average Bonchev–Trinajstić information content (AvgIpc) is 2.85. The van der Waals surface area contributed by atoms with E-state index < -0.39 is 18.1 Å². The van der Waals surface area contributed by atoms with Gasteiger partial charge < -0.3 is 24.6 Å². The van der Waals surface area contributed by atoms with Crippen molar-refractivity contribution in [1.82, 2.24) is 4.90 Å². The quantitative estimate of drug-likeness (QED) is 0.770. The highest BCUT2D eigenvalue weighted by atomic mass is 19.4. The maximum atomic E-state index is 13.3. The standard InChI is InChI=1S/C21H20F3NO5/c1-29-16-9-12-10(7-14(16)26)3-4-13-17-11(8-15(27)19(30-2)18(12)17)5-6-25(13)20(28)21(22,23)24/h7-9,13,26-27H,3-6H2,1-2H3/t13-/m1/s1. The van der Waals surface area contributed by atoms with Crippen molar-refractivity contribution in [3.63, 3.8) is 0 Å². The fourth-order valence-corrected chi connectivity index (χ4v) is 4.55. The number of hydrogen-bond donors (Lipinski definition) is 2. The molecule has 0 spiro atoms. The largest absolute Gasteiger partial charge is 0.504 e. The zero-order chi connectivity index (χ0) is 21.8. The van der Waals surface area contributed by atoms with Crippen LogP contribution in [0, 0.1) is 0 Å². The van der Waals surface area contributed by atoms with Gasteiger partial charge in [0, 0.05) is 12.1 Å². The van der Waals surface area contributed by atoms with Crippen LogP contribution in [0.3, 0.4) is 0 Å². The molecule has 2 aromatic rings. The van der Waals surface area contributed by atoms with Crippen LogP contribution in [0.5, 0.6) is 23.0 Å². The normalized spacial score (nSPS) is 17.6. The fourth-order valence-electron chi connectivity index (χ4n) is 4.55. The maximum Gasteiger partial charge on any atom is 0.471 e. The lowest BCUT2D eigenvalue weighted by molar-refractivity contribution is -0.188. The number of nitrogens with zero attached hydrogens (tertiary/aromatic N) is 1. The minimum absolute atomic E-state index is 0.103. The monoisotopic (exact) mass is 423 g/mol. The number of phenols is 2. The molecule has 1 atom stereocenters. The van der Waals surface area contributed by atoms with Crippen LogP contribution in [0.1, 0.15) is 29.2 Å². The summed E-state index contributed by atoms with van der Waals surface area (Å²) in [5, 5.41) is 20.7. The third kappa shape index (κ3) is 3.00. The van der Waals surface area contributed by atoms with Crippen LogP contribution >= 0.6 is 0 Å². The topological polar surface area (TPSA) is 79.2 Å². The van der Waals surface area contributed by atoms with Crippen molar-refractivity contribution >= 4 is 5.91 Å². The van der Waals surface area contributed by atoms with E-state index >= 15 is 0 Å². The molecule has 0 aromatic heterocycles. The Morgan fingerprint density at radius 1 is 1.07 bits per heavy atom. The second kappa shape index (κ2) is 7.00. The SMILES string of the molecule is COc1cc2c(cc1O)CC[C@@H]1c3c(cc(O)c(OC)c3-2)CCN1C(=O)C(F)(F)F. The Balaban J connectivity index is 2.01. The van der Waals surface area contributed by atoms with Crippen LogP contribution in [0.25, 0.3) is 11.1 Å². The summed E-state index contributed by atoms with van der Waals surface area (Å²) in [5.74, 6) is -1.84. The van der Waals surface area contributed by atoms with Crippen LogP contribution in [0.15, 0.2) is 18.2 Å². The highest BCUT2D eigenvalue weighted by molar-refractivity contribution is 5.87. The lowest BCUT2D eigenvalue weighted by Gasteiger charge is -2.38. The third-order valence-corrected chi connectivity index (χ3v) is 5.79. The van der Waals surface area contributed by atoms with Gasteiger partial charge in [0.2, 0.25) is 0 Å². The van der Waals surface area contributed by atoms with Crippen LogP contribution in [0.4, 0.5) is 13.2 Å². The van der Waals surface area contributed by atoms with Crippen molar-refractivity contribution in [1.29, 1.82) is 0 Å². The average molecular weight is 423 g/mol. The lowest BCUT2D eigenvalue weighted by Crippen LogP contribution is -2.46. The van der Waals surface area contributed by atoms with E-state index in [1.54, 1.807) is 6.07 Å². The number of phenolic OH excluding ortho intramolecular Hbond substituents is 2. The number of rotatable bonds is 2. The first-order valence-electron chi connectivity index (χ1n) is 9.38. The molecule has 0 saturated carbocycles. The number of fused-ring (bicyclic) bond motifs is 2. The Hall–Kier alpha value is -3.10. The molecule has 1 heterocycles. The molecule has 30 heavy (non-hydrogen) atoms. The maximum absolute atomic E-state index is 13.3. The number of aromatic hydroxyl groups is 2. The van der Waals surface area contributed by atoms with E-state index in [4.69, 9.17) is 9.47 Å².